The number of nitrogens with zero attached hydrogens (tertiary/aromatic N) is 1. The lowest BCUT2D eigenvalue weighted by Crippen LogP contribution is -2.54. The van der Waals surface area contributed by atoms with E-state index >= 15 is 0 Å². The molecule has 7 rings (SSSR count). The maximum atomic E-state index is 13.4. The molecule has 1 N–H and O–H groups in total. The Balaban J connectivity index is 1.27. The van der Waals surface area contributed by atoms with Gasteiger partial charge in [-0.25, -0.2) is 9.69 Å². The van der Waals surface area contributed by atoms with E-state index in [9.17, 15) is 14.4 Å². The fourth-order valence-corrected chi connectivity index (χ4v) is 7.61. The number of rotatable bonds is 6. The lowest BCUT2D eigenvalue weighted by Gasteiger charge is -2.57. The summed E-state index contributed by atoms with van der Waals surface area (Å²) in [6.45, 7) is 3.84. The third-order valence-electron chi connectivity index (χ3n) is 8.74. The smallest absolute Gasteiger partial charge is 0.335 e. The summed E-state index contributed by atoms with van der Waals surface area (Å²) < 4.78 is 11.2. The topological polar surface area (TPSA) is 84.9 Å². The van der Waals surface area contributed by atoms with Crippen LogP contribution in [0.25, 0.3) is 6.08 Å². The predicted octanol–water partition coefficient (Wildman–Crippen LogP) is 5.62. The van der Waals surface area contributed by atoms with Crippen LogP contribution in [0.4, 0.5) is 10.5 Å². The van der Waals surface area contributed by atoms with Crippen LogP contribution in [-0.4, -0.2) is 31.1 Å². The second-order valence-electron chi connectivity index (χ2n) is 11.8. The fraction of sp³-hybridized carbons (Fsp3) is 0.452. The first kappa shape index (κ1) is 24.7. The molecule has 198 valence electrons. The largest absolute Gasteiger partial charge is 0.493 e. The van der Waals surface area contributed by atoms with E-state index in [1.807, 2.05) is 26.0 Å². The van der Waals surface area contributed by atoms with Gasteiger partial charge in [0.2, 0.25) is 0 Å². The predicted molar refractivity (Wildman–Crippen MR) is 144 cm³/mol. The highest BCUT2D eigenvalue weighted by Crippen LogP contribution is 2.60. The number of benzene rings is 2. The van der Waals surface area contributed by atoms with Crippen LogP contribution in [0.1, 0.15) is 63.5 Å². The van der Waals surface area contributed by atoms with Gasteiger partial charge in [-0.05, 0) is 117 Å². The number of anilines is 1. The molecule has 1 saturated heterocycles. The van der Waals surface area contributed by atoms with Crippen LogP contribution >= 0.6 is 0 Å². The van der Waals surface area contributed by atoms with Gasteiger partial charge >= 0.3 is 6.03 Å². The highest BCUT2D eigenvalue weighted by Gasteiger charge is 2.51. The number of nitrogens with one attached hydrogen (secondary N) is 1. The van der Waals surface area contributed by atoms with Crippen molar-refractivity contribution in [2.45, 2.75) is 63.9 Å². The number of carbonyl (C=O) groups excluding carboxylic acids is 3. The summed E-state index contributed by atoms with van der Waals surface area (Å²) in [7, 11) is 1.53. The molecular formula is C31H34N2O5. The van der Waals surface area contributed by atoms with Gasteiger partial charge in [0.25, 0.3) is 11.8 Å². The standard InChI is InChI=1S/C31H34N2O5/c1-18(2)38-26-9-4-19(14-27(26)37-3)13-25-28(34)32-30(36)33(29(25)35)24-7-5-23(6-8-24)31-15-20-10-21(16-31)12-22(11-20)17-31/h4-9,13-14,18,20-22H,10-12,15-17H2,1-3H3,(H,32,34,36)/b25-13+. The number of carbonyl (C=O) groups is 3. The van der Waals surface area contributed by atoms with E-state index in [-0.39, 0.29) is 17.1 Å². The Hall–Kier alpha value is -3.61. The number of amides is 4. The number of ether oxygens (including phenoxy) is 2. The molecule has 5 aliphatic rings. The number of barbiturate groups is 1. The van der Waals surface area contributed by atoms with Gasteiger partial charge in [-0.3, -0.25) is 14.9 Å². The Morgan fingerprint density at radius 1 is 0.921 bits per heavy atom. The number of hydrogen-bond donors (Lipinski definition) is 1. The van der Waals surface area contributed by atoms with Gasteiger partial charge < -0.3 is 9.47 Å². The summed E-state index contributed by atoms with van der Waals surface area (Å²) in [5.74, 6) is 2.19. The average molecular weight is 515 g/mol. The fourth-order valence-electron chi connectivity index (χ4n) is 7.61. The lowest BCUT2D eigenvalue weighted by atomic mass is 9.48. The first-order chi connectivity index (χ1) is 18.2. The van der Waals surface area contributed by atoms with Crippen LogP contribution in [0.2, 0.25) is 0 Å². The summed E-state index contributed by atoms with van der Waals surface area (Å²) in [6, 6.07) is 12.3. The summed E-state index contributed by atoms with van der Waals surface area (Å²) in [5, 5.41) is 2.32. The zero-order valence-electron chi connectivity index (χ0n) is 22.2. The summed E-state index contributed by atoms with van der Waals surface area (Å²) in [4.78, 5) is 39.9. The summed E-state index contributed by atoms with van der Waals surface area (Å²) >= 11 is 0. The molecule has 1 aliphatic heterocycles. The molecule has 2 aromatic carbocycles. The van der Waals surface area contributed by atoms with Crippen LogP contribution in [0.3, 0.4) is 0 Å². The van der Waals surface area contributed by atoms with E-state index in [1.54, 1.807) is 18.2 Å². The van der Waals surface area contributed by atoms with Gasteiger partial charge in [-0.15, -0.1) is 0 Å². The number of imide groups is 2. The van der Waals surface area contributed by atoms with E-state index in [0.717, 1.165) is 22.7 Å². The maximum absolute atomic E-state index is 13.4. The number of methoxy groups -OCH3 is 1. The summed E-state index contributed by atoms with van der Waals surface area (Å²) in [6.07, 6.45) is 9.30. The Bertz CT molecular complexity index is 1290. The molecule has 0 unspecified atom stereocenters. The minimum Gasteiger partial charge on any atom is -0.493 e. The van der Waals surface area contributed by atoms with E-state index in [4.69, 9.17) is 9.47 Å². The molecular weight excluding hydrogens is 480 g/mol. The summed E-state index contributed by atoms with van der Waals surface area (Å²) in [5.41, 5.74) is 2.47. The third-order valence-corrected chi connectivity index (χ3v) is 8.74. The van der Waals surface area contributed by atoms with E-state index in [0.29, 0.717) is 22.7 Å². The van der Waals surface area contributed by atoms with Crippen LogP contribution in [0.5, 0.6) is 11.5 Å². The monoisotopic (exact) mass is 514 g/mol. The highest BCUT2D eigenvalue weighted by atomic mass is 16.5. The molecule has 1 heterocycles. The Morgan fingerprint density at radius 3 is 2.13 bits per heavy atom. The zero-order chi connectivity index (χ0) is 26.6. The highest BCUT2D eigenvalue weighted by molar-refractivity contribution is 6.39. The molecule has 2 aromatic rings. The minimum absolute atomic E-state index is 0.0345. The van der Waals surface area contributed by atoms with Crippen molar-refractivity contribution in [3.05, 3.63) is 59.2 Å². The Kier molecular flexibility index (Phi) is 6.04. The molecule has 0 spiro atoms. The van der Waals surface area contributed by atoms with Gasteiger partial charge in [0, 0.05) is 0 Å². The van der Waals surface area contributed by atoms with Crippen molar-refractivity contribution in [3.63, 3.8) is 0 Å². The molecule has 7 nitrogen and oxygen atoms in total. The lowest BCUT2D eigenvalue weighted by molar-refractivity contribution is -0.122. The van der Waals surface area contributed by atoms with Crippen molar-refractivity contribution in [2.75, 3.05) is 12.0 Å². The van der Waals surface area contributed by atoms with E-state index in [2.05, 4.69) is 17.4 Å². The Morgan fingerprint density at radius 2 is 1.55 bits per heavy atom. The normalized spacial score (nSPS) is 29.3. The van der Waals surface area contributed by atoms with Crippen LogP contribution in [0, 0.1) is 17.8 Å². The average Bonchev–Trinajstić information content (AvgIpc) is 2.86. The second-order valence-corrected chi connectivity index (χ2v) is 11.8. The molecule has 4 bridgehead atoms. The van der Waals surface area contributed by atoms with Crippen LogP contribution < -0.4 is 19.7 Å². The van der Waals surface area contributed by atoms with Gasteiger partial charge in [0.1, 0.15) is 5.57 Å². The van der Waals surface area contributed by atoms with Gasteiger partial charge in [-0.1, -0.05) is 18.2 Å². The van der Waals surface area contributed by atoms with Crippen molar-refractivity contribution in [2.24, 2.45) is 17.8 Å². The van der Waals surface area contributed by atoms with Crippen LogP contribution in [-0.2, 0) is 15.0 Å². The molecule has 4 aliphatic carbocycles. The Labute approximate surface area is 223 Å². The molecule has 0 atom stereocenters. The van der Waals surface area contributed by atoms with Gasteiger partial charge in [-0.2, -0.15) is 0 Å². The molecule has 38 heavy (non-hydrogen) atoms. The van der Waals surface area contributed by atoms with Crippen molar-refractivity contribution in [1.29, 1.82) is 0 Å². The molecule has 4 saturated carbocycles. The van der Waals surface area contributed by atoms with Crippen LogP contribution in [0.15, 0.2) is 48.0 Å². The molecule has 5 fully saturated rings. The van der Waals surface area contributed by atoms with Crippen molar-refractivity contribution in [3.8, 4) is 11.5 Å². The minimum atomic E-state index is -0.738. The molecule has 4 amide bonds. The zero-order valence-corrected chi connectivity index (χ0v) is 22.2. The molecule has 0 aromatic heterocycles. The van der Waals surface area contributed by atoms with Crippen molar-refractivity contribution < 1.29 is 23.9 Å². The van der Waals surface area contributed by atoms with Crippen molar-refractivity contribution in [1.82, 2.24) is 5.32 Å². The molecule has 0 radical (unpaired) electrons. The van der Waals surface area contributed by atoms with Gasteiger partial charge in [0.05, 0.1) is 18.9 Å². The first-order valence-corrected chi connectivity index (χ1v) is 13.6. The SMILES string of the molecule is COc1cc(/C=C2\C(=O)NC(=O)N(c3ccc(C45CC6CC(CC(C6)C4)C5)cc3)C2=O)ccc1OC(C)C. The van der Waals surface area contributed by atoms with E-state index < -0.39 is 17.8 Å². The molecule has 7 heteroatoms. The third kappa shape index (κ3) is 4.28. The van der Waals surface area contributed by atoms with E-state index in [1.165, 1.54) is 57.3 Å². The second kappa shape index (κ2) is 9.29. The quantitative estimate of drug-likeness (QED) is 0.400. The van der Waals surface area contributed by atoms with Crippen molar-refractivity contribution >= 4 is 29.6 Å². The first-order valence-electron chi connectivity index (χ1n) is 13.6. The number of urea groups is 1. The maximum Gasteiger partial charge on any atom is 0.335 e. The van der Waals surface area contributed by atoms with Gasteiger partial charge in [0.15, 0.2) is 11.5 Å². The number of hydrogen-bond acceptors (Lipinski definition) is 5.